The van der Waals surface area contributed by atoms with Crippen molar-refractivity contribution in [2.75, 3.05) is 6.61 Å². The van der Waals surface area contributed by atoms with Gasteiger partial charge in [0.1, 0.15) is 11.7 Å². The minimum Gasteiger partial charge on any atom is -0.480 e. The zero-order valence-electron chi connectivity index (χ0n) is 11.1. The second kappa shape index (κ2) is 6.67. The number of rotatable bonds is 6. The van der Waals surface area contributed by atoms with Crippen LogP contribution >= 0.6 is 0 Å². The molecular weight excluding hydrogens is 274 g/mol. The van der Waals surface area contributed by atoms with Gasteiger partial charge in [-0.1, -0.05) is 30.3 Å². The minimum absolute atomic E-state index is 0.0548. The van der Waals surface area contributed by atoms with Crippen molar-refractivity contribution in [3.8, 4) is 11.3 Å². The molecule has 110 valence electrons. The van der Waals surface area contributed by atoms with E-state index >= 15 is 0 Å². The smallest absolute Gasteiger partial charge is 0.326 e. The van der Waals surface area contributed by atoms with Crippen LogP contribution in [-0.2, 0) is 4.79 Å². The van der Waals surface area contributed by atoms with Crippen LogP contribution in [0.15, 0.2) is 36.4 Å². The predicted octanol–water partition coefficient (Wildman–Crippen LogP) is 0.642. The molecule has 0 spiro atoms. The number of aromatic nitrogens is 2. The molecule has 0 aliphatic rings. The number of nitrogens with zero attached hydrogens (tertiary/aromatic N) is 1. The number of carboxylic acids is 1. The average Bonchev–Trinajstić information content (AvgIpc) is 2.97. The molecule has 0 aliphatic carbocycles. The fraction of sp³-hybridized carbons (Fsp3) is 0.214. The van der Waals surface area contributed by atoms with Gasteiger partial charge in [-0.15, -0.1) is 0 Å². The van der Waals surface area contributed by atoms with Gasteiger partial charge in [0, 0.05) is 18.6 Å². The number of hydrogen-bond donors (Lipinski definition) is 4. The lowest BCUT2D eigenvalue weighted by molar-refractivity contribution is -0.139. The molecule has 1 aromatic heterocycles. The number of aliphatic carboxylic acids is 1. The van der Waals surface area contributed by atoms with Gasteiger partial charge in [-0.3, -0.25) is 9.89 Å². The van der Waals surface area contributed by atoms with Crippen LogP contribution in [0.25, 0.3) is 11.3 Å². The second-order valence-corrected chi connectivity index (χ2v) is 4.41. The number of amides is 1. The standard InChI is InChI=1S/C14H15N3O4/c18-7-6-10(14(20)21)15-13(19)12-8-11(16-17-12)9-4-2-1-3-5-9/h1-5,8,10,18H,6-7H2,(H,15,19)(H,16,17)(H,20,21). The predicted molar refractivity (Wildman–Crippen MR) is 74.6 cm³/mol. The summed E-state index contributed by atoms with van der Waals surface area (Å²) < 4.78 is 0. The Morgan fingerprint density at radius 1 is 1.29 bits per heavy atom. The lowest BCUT2D eigenvalue weighted by atomic mass is 10.1. The SMILES string of the molecule is O=C(NC(CCO)C(=O)O)c1cc(-c2ccccc2)n[nH]1. The first kappa shape index (κ1) is 14.7. The Morgan fingerprint density at radius 2 is 2.00 bits per heavy atom. The van der Waals surface area contributed by atoms with E-state index in [1.54, 1.807) is 6.07 Å². The average molecular weight is 289 g/mol. The van der Waals surface area contributed by atoms with Crippen molar-refractivity contribution in [3.63, 3.8) is 0 Å². The number of aliphatic hydroxyl groups excluding tert-OH is 1. The van der Waals surface area contributed by atoms with Gasteiger partial charge in [0.05, 0.1) is 5.69 Å². The molecule has 4 N–H and O–H groups in total. The Kier molecular flexibility index (Phi) is 4.68. The highest BCUT2D eigenvalue weighted by Gasteiger charge is 2.21. The lowest BCUT2D eigenvalue weighted by Crippen LogP contribution is -2.41. The van der Waals surface area contributed by atoms with Crippen LogP contribution in [0.2, 0.25) is 0 Å². The summed E-state index contributed by atoms with van der Waals surface area (Å²) in [4.78, 5) is 22.9. The Hall–Kier alpha value is -2.67. The zero-order valence-corrected chi connectivity index (χ0v) is 11.1. The molecule has 0 fully saturated rings. The van der Waals surface area contributed by atoms with Crippen molar-refractivity contribution in [1.82, 2.24) is 15.5 Å². The zero-order chi connectivity index (χ0) is 15.2. The van der Waals surface area contributed by atoms with Crippen LogP contribution in [0.4, 0.5) is 0 Å². The number of benzene rings is 1. The van der Waals surface area contributed by atoms with Gasteiger partial charge in [0.2, 0.25) is 0 Å². The molecule has 7 heteroatoms. The fourth-order valence-corrected chi connectivity index (χ4v) is 1.82. The molecular formula is C14H15N3O4. The maximum atomic E-state index is 12.0. The summed E-state index contributed by atoms with van der Waals surface area (Å²) in [7, 11) is 0. The first-order valence-electron chi connectivity index (χ1n) is 6.37. The molecule has 0 radical (unpaired) electrons. The van der Waals surface area contributed by atoms with Crippen LogP contribution in [0.3, 0.4) is 0 Å². The van der Waals surface area contributed by atoms with E-state index in [1.165, 1.54) is 0 Å². The van der Waals surface area contributed by atoms with Gasteiger partial charge < -0.3 is 15.5 Å². The van der Waals surface area contributed by atoms with E-state index < -0.39 is 17.9 Å². The van der Waals surface area contributed by atoms with Crippen molar-refractivity contribution in [1.29, 1.82) is 0 Å². The van der Waals surface area contributed by atoms with Crippen LogP contribution in [0.5, 0.6) is 0 Å². The maximum absolute atomic E-state index is 12.0. The van der Waals surface area contributed by atoms with Gasteiger partial charge in [-0.05, 0) is 6.07 Å². The van der Waals surface area contributed by atoms with E-state index in [1.807, 2.05) is 30.3 Å². The van der Waals surface area contributed by atoms with Gasteiger partial charge in [0.25, 0.3) is 5.91 Å². The van der Waals surface area contributed by atoms with Crippen molar-refractivity contribution in [2.24, 2.45) is 0 Å². The van der Waals surface area contributed by atoms with Crippen molar-refractivity contribution < 1.29 is 19.8 Å². The van der Waals surface area contributed by atoms with Gasteiger partial charge in [-0.25, -0.2) is 4.79 Å². The van der Waals surface area contributed by atoms with Crippen molar-refractivity contribution in [2.45, 2.75) is 12.5 Å². The van der Waals surface area contributed by atoms with Crippen LogP contribution in [-0.4, -0.2) is 44.9 Å². The number of aromatic amines is 1. The molecule has 21 heavy (non-hydrogen) atoms. The molecule has 2 aromatic rings. The number of carbonyl (C=O) groups is 2. The number of carbonyl (C=O) groups excluding carboxylic acids is 1. The number of carboxylic acid groups (broad SMARTS) is 1. The van der Waals surface area contributed by atoms with Crippen LogP contribution in [0.1, 0.15) is 16.9 Å². The second-order valence-electron chi connectivity index (χ2n) is 4.41. The summed E-state index contributed by atoms with van der Waals surface area (Å²) in [6.07, 6.45) is -0.0548. The molecule has 0 saturated carbocycles. The van der Waals surface area contributed by atoms with Gasteiger partial charge in [0.15, 0.2) is 0 Å². The van der Waals surface area contributed by atoms with E-state index in [-0.39, 0.29) is 18.7 Å². The van der Waals surface area contributed by atoms with Crippen molar-refractivity contribution in [3.05, 3.63) is 42.1 Å². The summed E-state index contributed by atoms with van der Waals surface area (Å²) >= 11 is 0. The molecule has 2 rings (SSSR count). The molecule has 1 aromatic carbocycles. The largest absolute Gasteiger partial charge is 0.480 e. The van der Waals surface area contributed by atoms with Gasteiger partial charge in [-0.2, -0.15) is 5.10 Å². The normalized spacial score (nSPS) is 11.9. The van der Waals surface area contributed by atoms with E-state index in [0.717, 1.165) is 5.56 Å². The summed E-state index contributed by atoms with van der Waals surface area (Å²) in [6, 6.07) is 9.69. The van der Waals surface area contributed by atoms with Crippen LogP contribution in [0, 0.1) is 0 Å². The topological polar surface area (TPSA) is 115 Å². The molecule has 1 unspecified atom stereocenters. The third kappa shape index (κ3) is 3.67. The highest BCUT2D eigenvalue weighted by Crippen LogP contribution is 2.16. The summed E-state index contributed by atoms with van der Waals surface area (Å²) in [5.41, 5.74) is 1.60. The van der Waals surface area contributed by atoms with E-state index in [4.69, 9.17) is 10.2 Å². The molecule has 0 bridgehead atoms. The minimum atomic E-state index is -1.19. The van der Waals surface area contributed by atoms with Crippen LogP contribution < -0.4 is 5.32 Å². The van der Waals surface area contributed by atoms with E-state index in [9.17, 15) is 9.59 Å². The fourth-order valence-electron chi connectivity index (χ4n) is 1.82. The molecule has 1 amide bonds. The summed E-state index contributed by atoms with van der Waals surface area (Å²) in [5, 5.41) is 26.6. The first-order valence-corrected chi connectivity index (χ1v) is 6.37. The summed E-state index contributed by atoms with van der Waals surface area (Å²) in [5.74, 6) is -1.77. The number of hydrogen-bond acceptors (Lipinski definition) is 4. The Bertz CT molecular complexity index is 624. The van der Waals surface area contributed by atoms with E-state index in [2.05, 4.69) is 15.5 Å². The molecule has 7 nitrogen and oxygen atoms in total. The van der Waals surface area contributed by atoms with Crippen molar-refractivity contribution >= 4 is 11.9 Å². The Labute approximate surface area is 120 Å². The number of nitrogens with one attached hydrogen (secondary N) is 2. The highest BCUT2D eigenvalue weighted by molar-refractivity contribution is 5.95. The lowest BCUT2D eigenvalue weighted by Gasteiger charge is -2.11. The summed E-state index contributed by atoms with van der Waals surface area (Å²) in [6.45, 7) is -0.324. The maximum Gasteiger partial charge on any atom is 0.326 e. The third-order valence-corrected chi connectivity index (χ3v) is 2.91. The molecule has 0 aliphatic heterocycles. The van der Waals surface area contributed by atoms with E-state index in [0.29, 0.717) is 5.69 Å². The number of aliphatic hydroxyl groups is 1. The Balaban J connectivity index is 2.10. The molecule has 1 heterocycles. The number of H-pyrrole nitrogens is 1. The van der Waals surface area contributed by atoms with Gasteiger partial charge >= 0.3 is 5.97 Å². The monoisotopic (exact) mass is 289 g/mol. The first-order chi connectivity index (χ1) is 10.1. The highest BCUT2D eigenvalue weighted by atomic mass is 16.4. The molecule has 0 saturated heterocycles. The third-order valence-electron chi connectivity index (χ3n) is 2.91. The Morgan fingerprint density at radius 3 is 2.62 bits per heavy atom. The molecule has 1 atom stereocenters. The quantitative estimate of drug-likeness (QED) is 0.623.